The molecule has 0 aromatic carbocycles. The van der Waals surface area contributed by atoms with Gasteiger partial charge in [-0.1, -0.05) is 25.1 Å². The van der Waals surface area contributed by atoms with Crippen molar-refractivity contribution in [2.45, 2.75) is 62.3 Å². The summed E-state index contributed by atoms with van der Waals surface area (Å²) in [6.07, 6.45) is 7.32. The summed E-state index contributed by atoms with van der Waals surface area (Å²) >= 11 is 3.22. The zero-order valence-corrected chi connectivity index (χ0v) is 14.8. The van der Waals surface area contributed by atoms with E-state index < -0.39 is 0 Å². The van der Waals surface area contributed by atoms with Crippen LogP contribution in [0.4, 0.5) is 0 Å². The lowest BCUT2D eigenvalue weighted by Gasteiger charge is -2.17. The number of nitrogens with zero attached hydrogens (tertiary/aromatic N) is 2. The Kier molecular flexibility index (Phi) is 4.28. The Bertz CT molecular complexity index is 722. The van der Waals surface area contributed by atoms with Crippen LogP contribution in [0.25, 0.3) is 10.8 Å². The number of aryl methyl sites for hydroxylation is 1. The van der Waals surface area contributed by atoms with Gasteiger partial charge in [-0.25, -0.2) is 0 Å². The average Bonchev–Trinajstić information content (AvgIpc) is 3.15. The molecule has 2 aliphatic rings. The first-order chi connectivity index (χ1) is 11.2. The van der Waals surface area contributed by atoms with Gasteiger partial charge in [-0.05, 0) is 49.7 Å². The van der Waals surface area contributed by atoms with E-state index in [1.807, 2.05) is 0 Å². The summed E-state index contributed by atoms with van der Waals surface area (Å²) in [5.74, 6) is 1.68. The summed E-state index contributed by atoms with van der Waals surface area (Å²) in [4.78, 5) is 14.5. The standard InChI is InChI=1S/C17H20N2O2S2/c1-10-6-7-13-11(8-10)9-15(22-13)16-18-19-17(21-16)23-14-5-3-2-4-12(14)20/h9-10,14H,2-8H2,1H3/t10-,14+/m1/s1. The molecule has 1 fully saturated rings. The number of fused-ring (bicyclic) bond motifs is 1. The van der Waals surface area contributed by atoms with Crippen LogP contribution in [0.2, 0.25) is 0 Å². The number of hydrogen-bond donors (Lipinski definition) is 0. The molecule has 0 aliphatic heterocycles. The highest BCUT2D eigenvalue weighted by molar-refractivity contribution is 8.00. The molecular weight excluding hydrogens is 328 g/mol. The van der Waals surface area contributed by atoms with E-state index in [1.54, 1.807) is 11.3 Å². The van der Waals surface area contributed by atoms with Crippen molar-refractivity contribution in [3.8, 4) is 10.8 Å². The third-order valence-electron chi connectivity index (χ3n) is 4.69. The summed E-state index contributed by atoms with van der Waals surface area (Å²) in [5.41, 5.74) is 1.44. The van der Waals surface area contributed by atoms with Gasteiger partial charge in [0, 0.05) is 11.3 Å². The average molecular weight is 348 g/mol. The minimum absolute atomic E-state index is 0.00515. The molecule has 2 aliphatic carbocycles. The van der Waals surface area contributed by atoms with Gasteiger partial charge in [-0.15, -0.1) is 21.5 Å². The van der Waals surface area contributed by atoms with Crippen molar-refractivity contribution in [1.29, 1.82) is 0 Å². The number of carbonyl (C=O) groups excluding carboxylic acids is 1. The highest BCUT2D eigenvalue weighted by atomic mass is 32.2. The Balaban J connectivity index is 1.50. The van der Waals surface area contributed by atoms with E-state index in [-0.39, 0.29) is 5.25 Å². The molecule has 0 amide bonds. The normalized spacial score (nSPS) is 24.7. The number of rotatable bonds is 3. The van der Waals surface area contributed by atoms with Gasteiger partial charge in [0.1, 0.15) is 5.78 Å². The Morgan fingerprint density at radius 3 is 3.04 bits per heavy atom. The molecule has 2 aromatic heterocycles. The van der Waals surface area contributed by atoms with Crippen LogP contribution in [0.1, 0.15) is 49.5 Å². The van der Waals surface area contributed by atoms with Crippen molar-refractivity contribution in [2.75, 3.05) is 0 Å². The molecule has 0 spiro atoms. The van der Waals surface area contributed by atoms with Gasteiger partial charge in [-0.3, -0.25) is 4.79 Å². The van der Waals surface area contributed by atoms with E-state index in [0.717, 1.165) is 42.9 Å². The number of Topliss-reactive ketones (excluding diaryl/α,β-unsaturated/α-hetero) is 1. The fraction of sp³-hybridized carbons (Fsp3) is 0.588. The summed E-state index contributed by atoms with van der Waals surface area (Å²) in [5, 5.41) is 8.87. The van der Waals surface area contributed by atoms with Crippen molar-refractivity contribution >= 4 is 28.9 Å². The van der Waals surface area contributed by atoms with Crippen LogP contribution in [-0.4, -0.2) is 21.2 Å². The first-order valence-corrected chi connectivity index (χ1v) is 10.0. The predicted molar refractivity (Wildman–Crippen MR) is 91.9 cm³/mol. The molecule has 4 nitrogen and oxygen atoms in total. The van der Waals surface area contributed by atoms with E-state index in [2.05, 4.69) is 23.2 Å². The van der Waals surface area contributed by atoms with Gasteiger partial charge in [-0.2, -0.15) is 0 Å². The third kappa shape index (κ3) is 3.24. The quantitative estimate of drug-likeness (QED) is 0.816. The monoisotopic (exact) mass is 348 g/mol. The van der Waals surface area contributed by atoms with Gasteiger partial charge in [0.05, 0.1) is 10.1 Å². The van der Waals surface area contributed by atoms with Gasteiger partial charge in [0.25, 0.3) is 11.1 Å². The van der Waals surface area contributed by atoms with Crippen molar-refractivity contribution in [2.24, 2.45) is 5.92 Å². The lowest BCUT2D eigenvalue weighted by atomic mass is 9.90. The minimum Gasteiger partial charge on any atom is -0.410 e. The van der Waals surface area contributed by atoms with Crippen LogP contribution in [0.3, 0.4) is 0 Å². The maximum atomic E-state index is 11.9. The molecule has 0 N–H and O–H groups in total. The lowest BCUT2D eigenvalue weighted by molar-refractivity contribution is -0.119. The van der Waals surface area contributed by atoms with Crippen LogP contribution in [0.15, 0.2) is 15.7 Å². The Morgan fingerprint density at radius 1 is 1.26 bits per heavy atom. The summed E-state index contributed by atoms with van der Waals surface area (Å²) in [6.45, 7) is 2.31. The second-order valence-corrected chi connectivity index (χ2v) is 8.89. The molecule has 0 unspecified atom stereocenters. The van der Waals surface area contributed by atoms with Crippen molar-refractivity contribution in [3.05, 3.63) is 16.5 Å². The molecule has 2 aromatic rings. The van der Waals surface area contributed by atoms with Crippen LogP contribution >= 0.6 is 23.1 Å². The summed E-state index contributed by atoms with van der Waals surface area (Å²) in [7, 11) is 0. The van der Waals surface area contributed by atoms with Gasteiger partial charge in [0.2, 0.25) is 0 Å². The molecule has 2 heterocycles. The first kappa shape index (κ1) is 15.4. The number of ketones is 1. The largest absolute Gasteiger partial charge is 0.410 e. The molecule has 122 valence electrons. The third-order valence-corrected chi connectivity index (χ3v) is 7.06. The van der Waals surface area contributed by atoms with Crippen molar-refractivity contribution in [3.63, 3.8) is 0 Å². The summed E-state index contributed by atoms with van der Waals surface area (Å²) in [6, 6.07) is 2.21. The number of aromatic nitrogens is 2. The fourth-order valence-electron chi connectivity index (χ4n) is 3.37. The first-order valence-electron chi connectivity index (χ1n) is 8.34. The highest BCUT2D eigenvalue weighted by Gasteiger charge is 2.26. The van der Waals surface area contributed by atoms with Gasteiger partial charge >= 0.3 is 0 Å². The second-order valence-electron chi connectivity index (χ2n) is 6.60. The highest BCUT2D eigenvalue weighted by Crippen LogP contribution is 2.38. The van der Waals surface area contributed by atoms with Crippen molar-refractivity contribution < 1.29 is 9.21 Å². The van der Waals surface area contributed by atoms with E-state index >= 15 is 0 Å². The molecule has 6 heteroatoms. The van der Waals surface area contributed by atoms with E-state index in [0.29, 0.717) is 23.3 Å². The van der Waals surface area contributed by atoms with Gasteiger partial charge < -0.3 is 4.42 Å². The lowest BCUT2D eigenvalue weighted by Crippen LogP contribution is -2.21. The molecule has 4 rings (SSSR count). The topological polar surface area (TPSA) is 56.0 Å². The van der Waals surface area contributed by atoms with E-state index in [9.17, 15) is 4.79 Å². The number of thiophene rings is 1. The molecule has 2 atom stereocenters. The minimum atomic E-state index is -0.00515. The maximum absolute atomic E-state index is 11.9. The van der Waals surface area contributed by atoms with Crippen LogP contribution in [-0.2, 0) is 17.6 Å². The predicted octanol–water partition coefficient (Wildman–Crippen LogP) is 4.53. The number of hydrogen-bond acceptors (Lipinski definition) is 6. The van der Waals surface area contributed by atoms with Crippen LogP contribution in [0, 0.1) is 5.92 Å². The SMILES string of the molecule is C[C@@H]1CCc2sc(-c3nnc(S[C@H]4CCCCC4=O)o3)cc2C1. The smallest absolute Gasteiger partial charge is 0.277 e. The van der Waals surface area contributed by atoms with E-state index in [1.165, 1.54) is 28.6 Å². The molecule has 0 saturated heterocycles. The maximum Gasteiger partial charge on any atom is 0.277 e. The zero-order chi connectivity index (χ0) is 15.8. The fourth-order valence-corrected chi connectivity index (χ4v) is 5.49. The molecule has 0 bridgehead atoms. The molecule has 1 saturated carbocycles. The van der Waals surface area contributed by atoms with Crippen molar-refractivity contribution in [1.82, 2.24) is 10.2 Å². The Morgan fingerprint density at radius 2 is 2.17 bits per heavy atom. The summed E-state index contributed by atoms with van der Waals surface area (Å²) < 4.78 is 5.82. The van der Waals surface area contributed by atoms with Gasteiger partial charge in [0.15, 0.2) is 0 Å². The number of carbonyl (C=O) groups is 1. The zero-order valence-electron chi connectivity index (χ0n) is 13.2. The Hall–Kier alpha value is -1.14. The molecular formula is C17H20N2O2S2. The molecule has 23 heavy (non-hydrogen) atoms. The number of thioether (sulfide) groups is 1. The second kappa shape index (κ2) is 6.40. The Labute approximate surface area is 144 Å². The van der Waals surface area contributed by atoms with E-state index in [4.69, 9.17) is 4.42 Å². The van der Waals surface area contributed by atoms with Crippen LogP contribution in [0.5, 0.6) is 0 Å². The van der Waals surface area contributed by atoms with Crippen LogP contribution < -0.4 is 0 Å². The molecule has 0 radical (unpaired) electrons.